The van der Waals surface area contributed by atoms with E-state index >= 15 is 0 Å². The van der Waals surface area contributed by atoms with E-state index in [2.05, 4.69) is 54.7 Å². The van der Waals surface area contributed by atoms with Gasteiger partial charge in [-0.2, -0.15) is 0 Å². The van der Waals surface area contributed by atoms with E-state index in [4.69, 9.17) is 9.73 Å². The van der Waals surface area contributed by atoms with Crippen LogP contribution in [-0.4, -0.2) is 19.9 Å². The molecule has 5 aliphatic carbocycles. The molecular formula is C34H55NO. The van der Waals surface area contributed by atoms with E-state index in [1.807, 2.05) is 14.2 Å². The minimum atomic E-state index is 0.158. The molecule has 2 heteroatoms. The zero-order chi connectivity index (χ0) is 26.3. The SMILES string of the molecule is C=C(C)[C@@H]1CC[C@]2(C(=C)OC)CC[C@]3(C)C(CCC4[C@@]5(C)CC/C(=N\C)[C@@](C)(CC)[C@@H]5CC[C@]43C)C12. The normalized spacial score (nSPS) is 53.1. The van der Waals surface area contributed by atoms with Crippen LogP contribution in [0.3, 0.4) is 0 Å². The highest BCUT2D eigenvalue weighted by Crippen LogP contribution is 2.78. The summed E-state index contributed by atoms with van der Waals surface area (Å²) in [4.78, 5) is 4.88. The summed E-state index contributed by atoms with van der Waals surface area (Å²) in [5.41, 5.74) is 4.54. The van der Waals surface area contributed by atoms with Crippen molar-refractivity contribution in [2.75, 3.05) is 14.2 Å². The zero-order valence-electron chi connectivity index (χ0n) is 24.9. The second-order valence-electron chi connectivity index (χ2n) is 14.9. The monoisotopic (exact) mass is 493 g/mol. The van der Waals surface area contributed by atoms with E-state index in [1.165, 1.54) is 81.9 Å². The summed E-state index contributed by atoms with van der Waals surface area (Å²) < 4.78 is 5.97. The van der Waals surface area contributed by atoms with Crippen LogP contribution in [0.1, 0.15) is 112 Å². The number of hydrogen-bond acceptors (Lipinski definition) is 2. The number of fused-ring (bicyclic) bond motifs is 7. The number of nitrogens with zero attached hydrogens (tertiary/aromatic N) is 1. The van der Waals surface area contributed by atoms with Crippen LogP contribution in [0, 0.1) is 56.7 Å². The topological polar surface area (TPSA) is 21.6 Å². The minimum Gasteiger partial charge on any atom is -0.501 e. The van der Waals surface area contributed by atoms with Gasteiger partial charge >= 0.3 is 0 Å². The molecule has 3 unspecified atom stereocenters. The molecule has 0 amide bonds. The van der Waals surface area contributed by atoms with E-state index < -0.39 is 0 Å². The molecule has 0 heterocycles. The van der Waals surface area contributed by atoms with E-state index in [0.29, 0.717) is 28.1 Å². The lowest BCUT2D eigenvalue weighted by atomic mass is 9.32. The largest absolute Gasteiger partial charge is 0.501 e. The predicted molar refractivity (Wildman–Crippen MR) is 153 cm³/mol. The van der Waals surface area contributed by atoms with Crippen LogP contribution >= 0.6 is 0 Å². The number of ether oxygens (including phenoxy) is 1. The third-order valence-corrected chi connectivity index (χ3v) is 14.5. The van der Waals surface area contributed by atoms with Gasteiger partial charge in [0.15, 0.2) is 0 Å². The van der Waals surface area contributed by atoms with Crippen molar-refractivity contribution in [2.24, 2.45) is 61.7 Å². The van der Waals surface area contributed by atoms with Gasteiger partial charge in [-0.15, -0.1) is 0 Å². The number of methoxy groups -OCH3 is 1. The van der Waals surface area contributed by atoms with Crippen LogP contribution in [0.4, 0.5) is 0 Å². The summed E-state index contributed by atoms with van der Waals surface area (Å²) in [6, 6.07) is 0. The summed E-state index contributed by atoms with van der Waals surface area (Å²) in [5.74, 6) is 4.67. The van der Waals surface area contributed by atoms with Gasteiger partial charge in [0.25, 0.3) is 0 Å². The summed E-state index contributed by atoms with van der Waals surface area (Å²) >= 11 is 0. The first-order chi connectivity index (χ1) is 16.9. The molecule has 0 radical (unpaired) electrons. The van der Waals surface area contributed by atoms with E-state index in [1.54, 1.807) is 0 Å². The molecule has 36 heavy (non-hydrogen) atoms. The third kappa shape index (κ3) is 3.05. The van der Waals surface area contributed by atoms with Gasteiger partial charge in [-0.1, -0.05) is 53.3 Å². The minimum absolute atomic E-state index is 0.158. The fraction of sp³-hybridized carbons (Fsp3) is 0.853. The van der Waals surface area contributed by atoms with Crippen molar-refractivity contribution in [3.05, 3.63) is 24.5 Å². The van der Waals surface area contributed by atoms with E-state index in [-0.39, 0.29) is 10.8 Å². The lowest BCUT2D eigenvalue weighted by Gasteiger charge is -2.72. The van der Waals surface area contributed by atoms with Gasteiger partial charge in [-0.25, -0.2) is 0 Å². The Hall–Kier alpha value is -1.05. The highest BCUT2D eigenvalue weighted by molar-refractivity contribution is 5.91. The lowest BCUT2D eigenvalue weighted by molar-refractivity contribution is -0.228. The van der Waals surface area contributed by atoms with Gasteiger partial charge in [-0.05, 0) is 123 Å². The first-order valence-corrected chi connectivity index (χ1v) is 15.2. The Balaban J connectivity index is 1.56. The summed E-state index contributed by atoms with van der Waals surface area (Å²) in [6.07, 6.45) is 14.4. The second-order valence-corrected chi connectivity index (χ2v) is 14.9. The van der Waals surface area contributed by atoms with Crippen molar-refractivity contribution in [2.45, 2.75) is 112 Å². The molecule has 5 saturated carbocycles. The molecule has 0 saturated heterocycles. The second kappa shape index (κ2) is 8.47. The number of aliphatic imine (C=N–C) groups is 1. The summed E-state index contributed by atoms with van der Waals surface area (Å²) in [5, 5.41) is 0. The number of allylic oxidation sites excluding steroid dienone is 2. The predicted octanol–water partition coefficient (Wildman–Crippen LogP) is 9.27. The third-order valence-electron chi connectivity index (χ3n) is 14.5. The van der Waals surface area contributed by atoms with Crippen molar-refractivity contribution in [1.29, 1.82) is 0 Å². The average molecular weight is 494 g/mol. The molecule has 10 atom stereocenters. The van der Waals surface area contributed by atoms with Gasteiger partial charge in [0.1, 0.15) is 0 Å². The summed E-state index contributed by atoms with van der Waals surface area (Å²) in [7, 11) is 3.91. The van der Waals surface area contributed by atoms with Gasteiger partial charge in [0, 0.05) is 23.6 Å². The van der Waals surface area contributed by atoms with Gasteiger partial charge in [0.05, 0.1) is 12.9 Å². The lowest BCUT2D eigenvalue weighted by Crippen LogP contribution is -2.66. The van der Waals surface area contributed by atoms with Crippen LogP contribution in [-0.2, 0) is 4.74 Å². The average Bonchev–Trinajstić information content (AvgIpc) is 3.25. The first kappa shape index (κ1) is 26.6. The Morgan fingerprint density at radius 3 is 2.25 bits per heavy atom. The first-order valence-electron chi connectivity index (χ1n) is 15.2. The fourth-order valence-electron chi connectivity index (χ4n) is 12.3. The highest BCUT2D eigenvalue weighted by atomic mass is 16.5. The van der Waals surface area contributed by atoms with Crippen molar-refractivity contribution in [3.63, 3.8) is 0 Å². The quantitative estimate of drug-likeness (QED) is 0.282. The van der Waals surface area contributed by atoms with Crippen molar-refractivity contribution >= 4 is 5.71 Å². The molecule has 0 aliphatic heterocycles. The van der Waals surface area contributed by atoms with Crippen LogP contribution in [0.2, 0.25) is 0 Å². The Labute approximate surface area is 222 Å². The van der Waals surface area contributed by atoms with Crippen molar-refractivity contribution < 1.29 is 4.74 Å². The maximum absolute atomic E-state index is 5.97. The van der Waals surface area contributed by atoms with Crippen LogP contribution in [0.25, 0.3) is 0 Å². The van der Waals surface area contributed by atoms with Crippen LogP contribution < -0.4 is 0 Å². The molecule has 5 aliphatic rings. The molecular weight excluding hydrogens is 438 g/mol. The molecule has 0 aromatic rings. The van der Waals surface area contributed by atoms with E-state index in [0.717, 1.165) is 23.5 Å². The molecule has 0 spiro atoms. The number of rotatable bonds is 4. The molecule has 202 valence electrons. The number of hydrogen-bond donors (Lipinski definition) is 0. The smallest absolute Gasteiger partial charge is 0.0948 e. The van der Waals surface area contributed by atoms with Crippen molar-refractivity contribution in [1.82, 2.24) is 0 Å². The Bertz CT molecular complexity index is 964. The molecule has 2 nitrogen and oxygen atoms in total. The maximum Gasteiger partial charge on any atom is 0.0948 e. The zero-order valence-corrected chi connectivity index (χ0v) is 24.9. The maximum atomic E-state index is 5.97. The summed E-state index contributed by atoms with van der Waals surface area (Å²) in [6.45, 7) is 24.5. The molecule has 0 N–H and O–H groups in total. The van der Waals surface area contributed by atoms with Crippen molar-refractivity contribution in [3.8, 4) is 0 Å². The van der Waals surface area contributed by atoms with Gasteiger partial charge in [-0.3, -0.25) is 4.99 Å². The van der Waals surface area contributed by atoms with E-state index in [9.17, 15) is 0 Å². The van der Waals surface area contributed by atoms with Crippen LogP contribution in [0.15, 0.2) is 29.5 Å². The standard InChI is InChI=1S/C34H55NO/c1-11-30(5)26-15-18-33(8)27(31(26,6)17-16-28(30)35-9)13-12-25-29-24(22(2)3)14-19-34(29,23(4)36-10)21-20-32(25,33)7/h24-27,29H,2,4,11-21H2,1,3,5-10H3/b35-28+/t24-,25?,26-,27?,29?,30-,31-,32+,33+,34+/m0/s1. The molecule has 5 rings (SSSR count). The Morgan fingerprint density at radius 1 is 0.917 bits per heavy atom. The van der Waals surface area contributed by atoms with Gasteiger partial charge < -0.3 is 4.74 Å². The molecule has 0 aromatic carbocycles. The highest BCUT2D eigenvalue weighted by Gasteiger charge is 2.71. The Morgan fingerprint density at radius 2 is 1.64 bits per heavy atom. The molecule has 0 bridgehead atoms. The van der Waals surface area contributed by atoms with Gasteiger partial charge in [0.2, 0.25) is 0 Å². The fourth-order valence-corrected chi connectivity index (χ4v) is 12.3. The molecule has 5 fully saturated rings. The van der Waals surface area contributed by atoms with Crippen LogP contribution in [0.5, 0.6) is 0 Å². The Kier molecular flexibility index (Phi) is 6.25. The molecule has 0 aromatic heterocycles.